The second-order valence-electron chi connectivity index (χ2n) is 5.84. The van der Waals surface area contributed by atoms with E-state index in [0.717, 1.165) is 36.0 Å². The van der Waals surface area contributed by atoms with Crippen molar-refractivity contribution in [3.63, 3.8) is 0 Å². The minimum Gasteiger partial charge on any atom is -0.497 e. The number of carbonyl (C=O) groups excluding carboxylic acids is 1. The van der Waals surface area contributed by atoms with Crippen molar-refractivity contribution >= 4 is 28.0 Å². The van der Waals surface area contributed by atoms with Crippen LogP contribution in [0.4, 0.5) is 5.69 Å². The van der Waals surface area contributed by atoms with Gasteiger partial charge in [-0.2, -0.15) is 8.42 Å². The van der Waals surface area contributed by atoms with Gasteiger partial charge in [-0.3, -0.25) is 18.9 Å². The first-order chi connectivity index (χ1) is 13.7. The van der Waals surface area contributed by atoms with Crippen LogP contribution in [0.1, 0.15) is 15.9 Å². The van der Waals surface area contributed by atoms with Gasteiger partial charge in [0.1, 0.15) is 5.75 Å². The average molecular weight is 422 g/mol. The molecule has 29 heavy (non-hydrogen) atoms. The third kappa shape index (κ3) is 8.60. The number of hydrogen-bond acceptors (Lipinski definition) is 7. The molecule has 0 saturated heterocycles. The average Bonchev–Trinajstić information content (AvgIpc) is 3.19. The van der Waals surface area contributed by atoms with E-state index in [2.05, 4.69) is 20.9 Å². The summed E-state index contributed by atoms with van der Waals surface area (Å²) < 4.78 is 36.7. The molecule has 0 aliphatic carbocycles. The summed E-state index contributed by atoms with van der Waals surface area (Å²) in [6.45, 7) is 2.15. The van der Waals surface area contributed by atoms with Crippen LogP contribution in [0.2, 0.25) is 0 Å². The Balaban J connectivity index is 0.000000537. The molecule has 0 bridgehead atoms. The Labute approximate surface area is 168 Å². The van der Waals surface area contributed by atoms with Gasteiger partial charge >= 0.3 is 10.4 Å². The van der Waals surface area contributed by atoms with Gasteiger partial charge in [-0.15, -0.1) is 0 Å². The Morgan fingerprint density at radius 3 is 2.28 bits per heavy atom. The summed E-state index contributed by atoms with van der Waals surface area (Å²) in [4.78, 5) is 16.4. The molecule has 0 aromatic heterocycles. The molecule has 0 saturated carbocycles. The first-order valence-electron chi connectivity index (χ1n) is 8.51. The Morgan fingerprint density at radius 2 is 1.76 bits per heavy atom. The van der Waals surface area contributed by atoms with E-state index in [9.17, 15) is 4.79 Å². The quantitative estimate of drug-likeness (QED) is 0.453. The highest BCUT2D eigenvalue weighted by atomic mass is 32.3. The second-order valence-corrected chi connectivity index (χ2v) is 6.73. The van der Waals surface area contributed by atoms with E-state index < -0.39 is 10.4 Å². The summed E-state index contributed by atoms with van der Waals surface area (Å²) in [6, 6.07) is 14.9. The normalized spacial score (nSPS) is 12.7. The summed E-state index contributed by atoms with van der Waals surface area (Å²) >= 11 is 0. The van der Waals surface area contributed by atoms with E-state index in [1.165, 1.54) is 0 Å². The number of ether oxygens (including phenoxy) is 1. The molecule has 1 heterocycles. The molecule has 10 nitrogen and oxygen atoms in total. The predicted molar refractivity (Wildman–Crippen MR) is 109 cm³/mol. The van der Waals surface area contributed by atoms with E-state index in [1.54, 1.807) is 31.4 Å². The number of guanidine groups is 1. The smallest absolute Gasteiger partial charge is 0.394 e. The second kappa shape index (κ2) is 10.4. The third-order valence-electron chi connectivity index (χ3n) is 3.70. The monoisotopic (exact) mass is 422 g/mol. The van der Waals surface area contributed by atoms with Gasteiger partial charge in [-0.1, -0.05) is 12.1 Å². The first kappa shape index (κ1) is 22.1. The molecule has 1 aliphatic rings. The summed E-state index contributed by atoms with van der Waals surface area (Å²) in [5.74, 6) is 1.43. The Hall–Kier alpha value is -3.15. The number of hydrogen-bond donors (Lipinski definition) is 5. The van der Waals surface area contributed by atoms with Crippen molar-refractivity contribution in [2.24, 2.45) is 4.99 Å². The third-order valence-corrected chi connectivity index (χ3v) is 3.70. The maximum absolute atomic E-state index is 12.1. The first-order valence-corrected chi connectivity index (χ1v) is 9.91. The van der Waals surface area contributed by atoms with Crippen LogP contribution in [0.25, 0.3) is 0 Å². The lowest BCUT2D eigenvalue weighted by molar-refractivity contribution is 0.0951. The minimum absolute atomic E-state index is 0.107. The Kier molecular flexibility index (Phi) is 7.95. The zero-order valence-corrected chi connectivity index (χ0v) is 16.4. The van der Waals surface area contributed by atoms with E-state index >= 15 is 0 Å². The molecule has 1 amide bonds. The van der Waals surface area contributed by atoms with Crippen molar-refractivity contribution in [2.75, 3.05) is 25.5 Å². The zero-order valence-electron chi connectivity index (χ0n) is 15.6. The summed E-state index contributed by atoms with van der Waals surface area (Å²) in [5, 5.41) is 9.28. The fraction of sp³-hybridized carbons (Fsp3) is 0.222. The highest BCUT2D eigenvalue weighted by molar-refractivity contribution is 7.79. The number of aliphatic imine (C=N–C) groups is 1. The number of nitrogens with one attached hydrogen (secondary N) is 3. The predicted octanol–water partition coefficient (Wildman–Crippen LogP) is 1.34. The van der Waals surface area contributed by atoms with Crippen molar-refractivity contribution in [2.45, 2.75) is 6.54 Å². The maximum Gasteiger partial charge on any atom is 0.394 e. The zero-order chi connectivity index (χ0) is 21.3. The van der Waals surface area contributed by atoms with Crippen LogP contribution < -0.4 is 20.7 Å². The summed E-state index contributed by atoms with van der Waals surface area (Å²) in [5.41, 5.74) is 2.61. The molecular weight excluding hydrogens is 400 g/mol. The molecule has 11 heteroatoms. The van der Waals surface area contributed by atoms with Crippen molar-refractivity contribution < 1.29 is 27.1 Å². The molecule has 0 spiro atoms. The molecule has 2 aromatic rings. The largest absolute Gasteiger partial charge is 0.497 e. The van der Waals surface area contributed by atoms with Crippen LogP contribution in [-0.2, 0) is 16.9 Å². The number of anilines is 1. The van der Waals surface area contributed by atoms with Crippen molar-refractivity contribution in [1.29, 1.82) is 0 Å². The van der Waals surface area contributed by atoms with Crippen LogP contribution in [0, 0.1) is 0 Å². The lowest BCUT2D eigenvalue weighted by Crippen LogP contribution is -2.26. The van der Waals surface area contributed by atoms with Crippen molar-refractivity contribution in [1.82, 2.24) is 10.6 Å². The van der Waals surface area contributed by atoms with E-state index in [0.29, 0.717) is 12.1 Å². The standard InChI is InChI=1S/C18H20N4O2.H2O4S/c1-24-16-8-4-14(5-9-16)17(23)21-12-13-2-6-15(7-3-13)22-18-19-10-11-20-18;1-5(2,3)4/h2-9H,10-12H2,1H3,(H,21,23)(H2,19,20,22);(H2,1,2,3,4). The lowest BCUT2D eigenvalue weighted by Gasteiger charge is -2.09. The van der Waals surface area contributed by atoms with Crippen LogP contribution in [0.3, 0.4) is 0 Å². The van der Waals surface area contributed by atoms with Gasteiger partial charge in [0.15, 0.2) is 5.96 Å². The molecule has 0 fully saturated rings. The number of rotatable bonds is 5. The summed E-state index contributed by atoms with van der Waals surface area (Å²) in [7, 11) is -3.07. The fourth-order valence-electron chi connectivity index (χ4n) is 2.35. The molecule has 1 aliphatic heterocycles. The van der Waals surface area contributed by atoms with Gasteiger partial charge < -0.3 is 20.7 Å². The molecule has 0 atom stereocenters. The van der Waals surface area contributed by atoms with Gasteiger partial charge in [-0.05, 0) is 42.0 Å². The molecule has 3 rings (SSSR count). The van der Waals surface area contributed by atoms with E-state index in [4.69, 9.17) is 22.3 Å². The topological polar surface area (TPSA) is 149 Å². The van der Waals surface area contributed by atoms with Crippen LogP contribution >= 0.6 is 0 Å². The number of nitrogens with zero attached hydrogens (tertiary/aromatic N) is 1. The van der Waals surface area contributed by atoms with Crippen molar-refractivity contribution in [3.05, 3.63) is 59.7 Å². The highest BCUT2D eigenvalue weighted by Crippen LogP contribution is 2.12. The van der Waals surface area contributed by atoms with Crippen LogP contribution in [0.5, 0.6) is 5.75 Å². The Bertz CT molecular complexity index is 935. The van der Waals surface area contributed by atoms with Crippen LogP contribution in [-0.4, -0.2) is 49.6 Å². The van der Waals surface area contributed by atoms with Gasteiger partial charge in [0.2, 0.25) is 0 Å². The van der Waals surface area contributed by atoms with E-state index in [1.807, 2.05) is 24.3 Å². The molecular formula is C18H22N4O6S. The number of amides is 1. The van der Waals surface area contributed by atoms with Crippen LogP contribution in [0.15, 0.2) is 53.5 Å². The Morgan fingerprint density at radius 1 is 1.14 bits per heavy atom. The minimum atomic E-state index is -4.67. The lowest BCUT2D eigenvalue weighted by atomic mass is 10.1. The highest BCUT2D eigenvalue weighted by Gasteiger charge is 2.07. The molecule has 156 valence electrons. The van der Waals surface area contributed by atoms with Gasteiger partial charge in [-0.25, -0.2) is 0 Å². The van der Waals surface area contributed by atoms with E-state index in [-0.39, 0.29) is 5.91 Å². The van der Waals surface area contributed by atoms with Gasteiger partial charge in [0.05, 0.1) is 13.7 Å². The summed E-state index contributed by atoms with van der Waals surface area (Å²) in [6.07, 6.45) is 0. The van der Waals surface area contributed by atoms with Gasteiger partial charge in [0.25, 0.3) is 5.91 Å². The van der Waals surface area contributed by atoms with Crippen molar-refractivity contribution in [3.8, 4) is 5.75 Å². The maximum atomic E-state index is 12.1. The molecule has 2 aromatic carbocycles. The van der Waals surface area contributed by atoms with Gasteiger partial charge in [0, 0.05) is 24.3 Å². The number of benzene rings is 2. The molecule has 0 radical (unpaired) electrons. The molecule has 5 N–H and O–H groups in total. The number of methoxy groups -OCH3 is 1. The fourth-order valence-corrected chi connectivity index (χ4v) is 2.35. The number of carbonyl (C=O) groups is 1. The molecule has 0 unspecified atom stereocenters. The SMILES string of the molecule is COc1ccc(C(=O)NCc2ccc(NC3=NCCN3)cc2)cc1.O=S(=O)(O)O.